The molecule has 6 heteroatoms. The van der Waals surface area contributed by atoms with Crippen molar-refractivity contribution in [2.75, 3.05) is 4.72 Å². The first-order valence-corrected chi connectivity index (χ1v) is 10.8. The van der Waals surface area contributed by atoms with Crippen LogP contribution < -0.4 is 10.0 Å². The summed E-state index contributed by atoms with van der Waals surface area (Å²) in [6.45, 7) is 5.95. The molecule has 5 nitrogen and oxygen atoms in total. The summed E-state index contributed by atoms with van der Waals surface area (Å²) in [7, 11) is -3.63. The molecule has 0 unspecified atom stereocenters. The number of carbonyl (C=O) groups excluding carboxylic acids is 1. The van der Waals surface area contributed by atoms with Gasteiger partial charge < -0.3 is 5.32 Å². The monoisotopic (exact) mass is 386 g/mol. The molecule has 0 aromatic heterocycles. The van der Waals surface area contributed by atoms with Crippen LogP contribution in [0.3, 0.4) is 0 Å². The Hall–Kier alpha value is -2.34. The zero-order valence-corrected chi connectivity index (χ0v) is 16.8. The third-order valence-corrected chi connectivity index (χ3v) is 6.59. The first-order chi connectivity index (χ1) is 12.8. The Morgan fingerprint density at radius 3 is 2.19 bits per heavy atom. The van der Waals surface area contributed by atoms with Crippen LogP contribution in [0, 0.1) is 6.92 Å². The molecule has 1 atom stereocenters. The second kappa shape index (κ2) is 7.35. The number of hydrogen-bond acceptors (Lipinski definition) is 3. The number of sulfonamides is 1. The van der Waals surface area contributed by atoms with Crippen molar-refractivity contribution in [1.82, 2.24) is 5.32 Å². The number of rotatable bonds is 7. The second-order valence-corrected chi connectivity index (χ2v) is 9.04. The predicted molar refractivity (Wildman–Crippen MR) is 107 cm³/mol. The van der Waals surface area contributed by atoms with Crippen LogP contribution in [0.1, 0.15) is 44.2 Å². The second-order valence-electron chi connectivity index (χ2n) is 7.36. The van der Waals surface area contributed by atoms with Crippen LogP contribution in [-0.2, 0) is 20.2 Å². The van der Waals surface area contributed by atoms with E-state index in [4.69, 9.17) is 0 Å². The zero-order chi connectivity index (χ0) is 19.7. The fourth-order valence-electron chi connectivity index (χ4n) is 3.02. The van der Waals surface area contributed by atoms with Crippen molar-refractivity contribution in [3.05, 3.63) is 59.7 Å². The first-order valence-electron chi connectivity index (χ1n) is 9.28. The Morgan fingerprint density at radius 1 is 1.07 bits per heavy atom. The minimum absolute atomic E-state index is 0.0600. The topological polar surface area (TPSA) is 75.3 Å². The Morgan fingerprint density at radius 2 is 1.67 bits per heavy atom. The van der Waals surface area contributed by atoms with E-state index in [9.17, 15) is 13.2 Å². The van der Waals surface area contributed by atoms with Crippen molar-refractivity contribution < 1.29 is 13.2 Å². The van der Waals surface area contributed by atoms with Crippen LogP contribution in [0.25, 0.3) is 0 Å². The Labute approximate surface area is 161 Å². The van der Waals surface area contributed by atoms with Crippen molar-refractivity contribution in [1.29, 1.82) is 0 Å². The van der Waals surface area contributed by atoms with Gasteiger partial charge in [0.25, 0.3) is 10.0 Å². The van der Waals surface area contributed by atoms with E-state index >= 15 is 0 Å². The van der Waals surface area contributed by atoms with Crippen molar-refractivity contribution in [3.8, 4) is 0 Å². The highest BCUT2D eigenvalue weighted by molar-refractivity contribution is 7.92. The highest BCUT2D eigenvalue weighted by Gasteiger charge is 2.51. The van der Waals surface area contributed by atoms with Crippen LogP contribution in [0.15, 0.2) is 53.4 Å². The lowest BCUT2D eigenvalue weighted by atomic mass is 9.94. The van der Waals surface area contributed by atoms with Crippen LogP contribution >= 0.6 is 0 Å². The lowest BCUT2D eigenvalue weighted by Gasteiger charge is -2.19. The number of carbonyl (C=O) groups is 1. The normalized spacial score (nSPS) is 16.4. The molecule has 0 bridgehead atoms. The summed E-state index contributed by atoms with van der Waals surface area (Å²) in [5, 5.41) is 3.06. The summed E-state index contributed by atoms with van der Waals surface area (Å²) in [4.78, 5) is 12.8. The molecule has 144 valence electrons. The number of anilines is 1. The van der Waals surface area contributed by atoms with Gasteiger partial charge in [0.2, 0.25) is 5.91 Å². The van der Waals surface area contributed by atoms with Gasteiger partial charge in [-0.1, -0.05) is 36.8 Å². The molecule has 0 heterocycles. The molecule has 1 aliphatic carbocycles. The third-order valence-electron chi connectivity index (χ3n) is 5.20. The van der Waals surface area contributed by atoms with Gasteiger partial charge in [-0.25, -0.2) is 8.42 Å². The van der Waals surface area contributed by atoms with E-state index < -0.39 is 15.4 Å². The van der Waals surface area contributed by atoms with Crippen molar-refractivity contribution in [2.45, 2.75) is 56.4 Å². The number of hydrogen-bond donors (Lipinski definition) is 2. The summed E-state index contributed by atoms with van der Waals surface area (Å²) in [5.74, 6) is 0.0600. The zero-order valence-electron chi connectivity index (χ0n) is 16.0. The maximum Gasteiger partial charge on any atom is 0.261 e. The van der Waals surface area contributed by atoms with Gasteiger partial charge in [-0.3, -0.25) is 9.52 Å². The van der Waals surface area contributed by atoms with Crippen LogP contribution in [0.2, 0.25) is 0 Å². The Bertz CT molecular complexity index is 915. The molecule has 0 radical (unpaired) electrons. The lowest BCUT2D eigenvalue weighted by molar-refractivity contribution is -0.124. The van der Waals surface area contributed by atoms with E-state index in [1.807, 2.05) is 32.9 Å². The SMILES string of the molecule is CC[C@H](C)NC(=O)C1(c2ccc(NS(=O)(=O)c3ccc(C)cc3)cc2)CC1. The summed E-state index contributed by atoms with van der Waals surface area (Å²) < 4.78 is 27.6. The maximum atomic E-state index is 12.6. The van der Waals surface area contributed by atoms with E-state index in [0.29, 0.717) is 5.69 Å². The van der Waals surface area contributed by atoms with Crippen molar-refractivity contribution >= 4 is 21.6 Å². The standard InChI is InChI=1S/C21H26N2O3S/c1-4-16(3)22-20(24)21(13-14-21)17-7-9-18(10-8-17)23-27(25,26)19-11-5-15(2)6-12-19/h5-12,16,23H,4,13-14H2,1-3H3,(H,22,24)/t16-/m0/s1. The summed E-state index contributed by atoms with van der Waals surface area (Å²) in [6, 6.07) is 14.0. The van der Waals surface area contributed by atoms with Gasteiger partial charge in [-0.05, 0) is 62.9 Å². The van der Waals surface area contributed by atoms with E-state index in [0.717, 1.165) is 30.4 Å². The molecule has 3 rings (SSSR count). The number of aryl methyl sites for hydroxylation is 1. The van der Waals surface area contributed by atoms with Gasteiger partial charge in [-0.2, -0.15) is 0 Å². The highest BCUT2D eigenvalue weighted by Crippen LogP contribution is 2.48. The van der Waals surface area contributed by atoms with Crippen LogP contribution in [-0.4, -0.2) is 20.4 Å². The summed E-state index contributed by atoms with van der Waals surface area (Å²) >= 11 is 0. The smallest absolute Gasteiger partial charge is 0.261 e. The molecule has 27 heavy (non-hydrogen) atoms. The average Bonchev–Trinajstić information content (AvgIpc) is 3.44. The van der Waals surface area contributed by atoms with Gasteiger partial charge in [-0.15, -0.1) is 0 Å². The van der Waals surface area contributed by atoms with Crippen LogP contribution in [0.5, 0.6) is 0 Å². The summed E-state index contributed by atoms with van der Waals surface area (Å²) in [6.07, 6.45) is 2.54. The molecule has 1 amide bonds. The van der Waals surface area contributed by atoms with Gasteiger partial charge in [0.05, 0.1) is 10.3 Å². The molecule has 0 saturated heterocycles. The molecule has 2 N–H and O–H groups in total. The van der Waals surface area contributed by atoms with Gasteiger partial charge in [0, 0.05) is 11.7 Å². The first kappa shape index (κ1) is 19.4. The quantitative estimate of drug-likeness (QED) is 0.761. The Kier molecular flexibility index (Phi) is 5.29. The molecule has 0 spiro atoms. The maximum absolute atomic E-state index is 12.6. The molecule has 1 aliphatic rings. The minimum atomic E-state index is -3.63. The van der Waals surface area contributed by atoms with E-state index in [-0.39, 0.29) is 16.8 Å². The van der Waals surface area contributed by atoms with Crippen molar-refractivity contribution in [3.63, 3.8) is 0 Å². The molecule has 0 aliphatic heterocycles. The predicted octanol–water partition coefficient (Wildman–Crippen LogP) is 3.74. The Balaban J connectivity index is 1.74. The van der Waals surface area contributed by atoms with Gasteiger partial charge >= 0.3 is 0 Å². The molecule has 2 aromatic carbocycles. The molecular weight excluding hydrogens is 360 g/mol. The fourth-order valence-corrected chi connectivity index (χ4v) is 4.08. The van der Waals surface area contributed by atoms with Gasteiger partial charge in [0.15, 0.2) is 0 Å². The number of amides is 1. The summed E-state index contributed by atoms with van der Waals surface area (Å²) in [5.41, 5.74) is 1.96. The molecular formula is C21H26N2O3S. The van der Waals surface area contributed by atoms with E-state index in [1.54, 1.807) is 36.4 Å². The largest absolute Gasteiger partial charge is 0.353 e. The lowest BCUT2D eigenvalue weighted by Crippen LogP contribution is -2.39. The van der Waals surface area contributed by atoms with E-state index in [2.05, 4.69) is 10.0 Å². The minimum Gasteiger partial charge on any atom is -0.353 e. The number of benzene rings is 2. The van der Waals surface area contributed by atoms with Crippen molar-refractivity contribution in [2.24, 2.45) is 0 Å². The number of nitrogens with one attached hydrogen (secondary N) is 2. The van der Waals surface area contributed by atoms with Crippen LogP contribution in [0.4, 0.5) is 5.69 Å². The van der Waals surface area contributed by atoms with Gasteiger partial charge in [0.1, 0.15) is 0 Å². The highest BCUT2D eigenvalue weighted by atomic mass is 32.2. The third kappa shape index (κ3) is 4.16. The van der Waals surface area contributed by atoms with E-state index in [1.165, 1.54) is 0 Å². The fraction of sp³-hybridized carbons (Fsp3) is 0.381. The molecule has 2 aromatic rings. The molecule has 1 saturated carbocycles. The average molecular weight is 387 g/mol. The molecule has 1 fully saturated rings.